The quantitative estimate of drug-likeness (QED) is 0.793. The summed E-state index contributed by atoms with van der Waals surface area (Å²) in [7, 11) is 0. The molecule has 0 unspecified atom stereocenters. The second-order valence-electron chi connectivity index (χ2n) is 5.70. The number of carbonyl (C=O) groups is 1. The molecule has 0 saturated carbocycles. The zero-order valence-electron chi connectivity index (χ0n) is 13.1. The zero-order valence-corrected chi connectivity index (χ0v) is 13.9. The second-order valence-corrected chi connectivity index (χ2v) is 6.56. The molecule has 3 aromatic rings. The Hall–Kier alpha value is -2.51. The number of thiazole rings is 1. The number of nitrogens with one attached hydrogen (secondary N) is 1. The first-order valence-electron chi connectivity index (χ1n) is 7.81. The van der Waals surface area contributed by atoms with Crippen LogP contribution >= 0.6 is 11.3 Å². The van der Waals surface area contributed by atoms with E-state index in [9.17, 15) is 4.79 Å². The Bertz CT molecular complexity index is 842. The topological polar surface area (TPSA) is 63.1 Å². The minimum atomic E-state index is -0.0380. The van der Waals surface area contributed by atoms with Gasteiger partial charge in [-0.15, -0.1) is 11.3 Å². The van der Waals surface area contributed by atoms with Crippen LogP contribution in [0.3, 0.4) is 0 Å². The van der Waals surface area contributed by atoms with Gasteiger partial charge in [0.2, 0.25) is 5.91 Å². The molecule has 7 heteroatoms. The molecule has 0 saturated heterocycles. The Morgan fingerprint density at radius 3 is 3.00 bits per heavy atom. The number of anilines is 1. The molecule has 1 amide bonds. The third-order valence-corrected chi connectivity index (χ3v) is 4.77. The fourth-order valence-corrected chi connectivity index (χ4v) is 3.53. The Labute approximate surface area is 143 Å². The van der Waals surface area contributed by atoms with Gasteiger partial charge in [0.15, 0.2) is 5.13 Å². The van der Waals surface area contributed by atoms with Gasteiger partial charge in [0, 0.05) is 36.4 Å². The molecule has 24 heavy (non-hydrogen) atoms. The summed E-state index contributed by atoms with van der Waals surface area (Å²) in [5, 5.41) is 5.49. The first-order valence-corrected chi connectivity index (χ1v) is 8.69. The highest BCUT2D eigenvalue weighted by atomic mass is 32.1. The molecule has 0 aliphatic carbocycles. The molecule has 0 atom stereocenters. The molecule has 0 bridgehead atoms. The van der Waals surface area contributed by atoms with E-state index in [1.54, 1.807) is 6.20 Å². The predicted octanol–water partition coefficient (Wildman–Crippen LogP) is 2.46. The highest BCUT2D eigenvalue weighted by Crippen LogP contribution is 2.24. The second kappa shape index (κ2) is 6.54. The summed E-state index contributed by atoms with van der Waals surface area (Å²) in [5.74, 6) is 0.971. The Morgan fingerprint density at radius 2 is 2.12 bits per heavy atom. The highest BCUT2D eigenvalue weighted by Gasteiger charge is 2.19. The third-order valence-electron chi connectivity index (χ3n) is 4.01. The summed E-state index contributed by atoms with van der Waals surface area (Å²) in [6.07, 6.45) is 3.78. The van der Waals surface area contributed by atoms with Crippen LogP contribution < -0.4 is 5.32 Å². The van der Waals surface area contributed by atoms with E-state index in [4.69, 9.17) is 0 Å². The Morgan fingerprint density at radius 1 is 1.25 bits per heavy atom. The third kappa shape index (κ3) is 3.22. The highest BCUT2D eigenvalue weighted by molar-refractivity contribution is 7.14. The normalized spacial score (nSPS) is 14.3. The SMILES string of the molecule is O=C(CN1CCn2ccnc2C1)Nc1nc(-c2ccccc2)cs1. The zero-order chi connectivity index (χ0) is 16.4. The molecule has 1 N–H and O–H groups in total. The standard InChI is InChI=1S/C17H17N5OS/c23-16(11-21-8-9-22-7-6-18-15(22)10-21)20-17-19-14(12-24-17)13-4-2-1-3-5-13/h1-7,12H,8-11H2,(H,19,20,23). The fourth-order valence-electron chi connectivity index (χ4n) is 2.79. The average Bonchev–Trinajstić information content (AvgIpc) is 3.24. The smallest absolute Gasteiger partial charge is 0.240 e. The number of carbonyl (C=O) groups excluding carboxylic acids is 1. The lowest BCUT2D eigenvalue weighted by atomic mass is 10.2. The largest absolute Gasteiger partial charge is 0.333 e. The molecule has 0 spiro atoms. The summed E-state index contributed by atoms with van der Waals surface area (Å²) in [4.78, 5) is 23.2. The molecular weight excluding hydrogens is 322 g/mol. The number of hydrogen-bond donors (Lipinski definition) is 1. The monoisotopic (exact) mass is 339 g/mol. The van der Waals surface area contributed by atoms with E-state index in [0.717, 1.165) is 30.2 Å². The molecule has 6 nitrogen and oxygen atoms in total. The van der Waals surface area contributed by atoms with Crippen LogP contribution in [-0.2, 0) is 17.9 Å². The predicted molar refractivity (Wildman–Crippen MR) is 93.7 cm³/mol. The van der Waals surface area contributed by atoms with E-state index < -0.39 is 0 Å². The van der Waals surface area contributed by atoms with Gasteiger partial charge in [0.05, 0.1) is 18.8 Å². The number of fused-ring (bicyclic) bond motifs is 1. The van der Waals surface area contributed by atoms with E-state index in [1.807, 2.05) is 41.9 Å². The first-order chi connectivity index (χ1) is 11.8. The van der Waals surface area contributed by atoms with Crippen LogP contribution in [0.15, 0.2) is 48.1 Å². The van der Waals surface area contributed by atoms with Gasteiger partial charge in [-0.1, -0.05) is 30.3 Å². The van der Waals surface area contributed by atoms with E-state index in [0.29, 0.717) is 18.2 Å². The molecule has 0 fully saturated rings. The van der Waals surface area contributed by atoms with Gasteiger partial charge in [0.25, 0.3) is 0 Å². The number of amides is 1. The molecule has 1 aromatic carbocycles. The molecule has 122 valence electrons. The molecule has 3 heterocycles. The van der Waals surface area contributed by atoms with Crippen molar-refractivity contribution in [3.8, 4) is 11.3 Å². The lowest BCUT2D eigenvalue weighted by Crippen LogP contribution is -2.39. The number of benzene rings is 1. The lowest BCUT2D eigenvalue weighted by Gasteiger charge is -2.26. The van der Waals surface area contributed by atoms with Crippen LogP contribution in [0.25, 0.3) is 11.3 Å². The van der Waals surface area contributed by atoms with Crippen molar-refractivity contribution in [2.24, 2.45) is 0 Å². The minimum absolute atomic E-state index is 0.0380. The van der Waals surface area contributed by atoms with Crippen molar-refractivity contribution in [1.82, 2.24) is 19.4 Å². The van der Waals surface area contributed by atoms with E-state index >= 15 is 0 Å². The number of aromatic nitrogens is 3. The molecule has 4 rings (SSSR count). The van der Waals surface area contributed by atoms with E-state index in [2.05, 4.69) is 24.8 Å². The molecule has 1 aliphatic rings. The number of nitrogens with zero attached hydrogens (tertiary/aromatic N) is 4. The van der Waals surface area contributed by atoms with Gasteiger partial charge in [0.1, 0.15) is 5.82 Å². The van der Waals surface area contributed by atoms with Crippen LogP contribution in [0, 0.1) is 0 Å². The van der Waals surface area contributed by atoms with E-state index in [-0.39, 0.29) is 5.91 Å². The lowest BCUT2D eigenvalue weighted by molar-refractivity contribution is -0.117. The maximum atomic E-state index is 12.3. The average molecular weight is 339 g/mol. The first kappa shape index (κ1) is 15.0. The van der Waals surface area contributed by atoms with Gasteiger partial charge in [-0.2, -0.15) is 0 Å². The van der Waals surface area contributed by atoms with Crippen molar-refractivity contribution in [3.05, 3.63) is 53.9 Å². The Kier molecular flexibility index (Phi) is 4.10. The van der Waals surface area contributed by atoms with Crippen LogP contribution in [0.2, 0.25) is 0 Å². The number of hydrogen-bond acceptors (Lipinski definition) is 5. The van der Waals surface area contributed by atoms with Crippen molar-refractivity contribution in [2.45, 2.75) is 13.1 Å². The van der Waals surface area contributed by atoms with Crippen molar-refractivity contribution in [3.63, 3.8) is 0 Å². The number of rotatable bonds is 4. The van der Waals surface area contributed by atoms with Crippen LogP contribution in [-0.4, -0.2) is 38.4 Å². The summed E-state index contributed by atoms with van der Waals surface area (Å²) in [5.41, 5.74) is 1.94. The summed E-state index contributed by atoms with van der Waals surface area (Å²) in [6.45, 7) is 2.78. The summed E-state index contributed by atoms with van der Waals surface area (Å²) >= 11 is 1.45. The van der Waals surface area contributed by atoms with Crippen LogP contribution in [0.5, 0.6) is 0 Å². The maximum Gasteiger partial charge on any atom is 0.240 e. The summed E-state index contributed by atoms with van der Waals surface area (Å²) in [6, 6.07) is 9.95. The van der Waals surface area contributed by atoms with Crippen molar-refractivity contribution in [2.75, 3.05) is 18.4 Å². The van der Waals surface area contributed by atoms with Gasteiger partial charge in [-0.05, 0) is 0 Å². The molecule has 2 aromatic heterocycles. The van der Waals surface area contributed by atoms with Crippen LogP contribution in [0.1, 0.15) is 5.82 Å². The maximum absolute atomic E-state index is 12.3. The minimum Gasteiger partial charge on any atom is -0.333 e. The Balaban J connectivity index is 1.36. The fraction of sp³-hybridized carbons (Fsp3) is 0.235. The van der Waals surface area contributed by atoms with Gasteiger partial charge >= 0.3 is 0 Å². The number of imidazole rings is 1. The van der Waals surface area contributed by atoms with E-state index in [1.165, 1.54) is 11.3 Å². The van der Waals surface area contributed by atoms with Crippen molar-refractivity contribution < 1.29 is 4.79 Å². The molecule has 0 radical (unpaired) electrons. The van der Waals surface area contributed by atoms with Gasteiger partial charge < -0.3 is 9.88 Å². The van der Waals surface area contributed by atoms with Crippen LogP contribution in [0.4, 0.5) is 5.13 Å². The van der Waals surface area contributed by atoms with Gasteiger partial charge in [-0.3, -0.25) is 9.69 Å². The van der Waals surface area contributed by atoms with Gasteiger partial charge in [-0.25, -0.2) is 9.97 Å². The molecular formula is C17H17N5OS. The van der Waals surface area contributed by atoms with Crippen molar-refractivity contribution >= 4 is 22.4 Å². The molecule has 1 aliphatic heterocycles. The summed E-state index contributed by atoms with van der Waals surface area (Å²) < 4.78 is 2.13. The van der Waals surface area contributed by atoms with Crippen molar-refractivity contribution in [1.29, 1.82) is 0 Å².